The second kappa shape index (κ2) is 14.0. The first-order valence-electron chi connectivity index (χ1n) is 7.00. The lowest BCUT2D eigenvalue weighted by atomic mass is 10.2. The van der Waals surface area contributed by atoms with Crippen molar-refractivity contribution in [3.8, 4) is 0 Å². The Hall–Kier alpha value is -0.935. The maximum atomic E-state index is 10.4. The fourth-order valence-electron chi connectivity index (χ4n) is 1.19. The van der Waals surface area contributed by atoms with Gasteiger partial charge < -0.3 is 18.3 Å². The fourth-order valence-corrected chi connectivity index (χ4v) is 2.04. The van der Waals surface area contributed by atoms with E-state index >= 15 is 0 Å². The summed E-state index contributed by atoms with van der Waals surface area (Å²) in [5.41, 5.74) is 1.02. The van der Waals surface area contributed by atoms with Gasteiger partial charge in [0.15, 0.2) is 0 Å². The number of carbonyl (C=O) groups is 1. The van der Waals surface area contributed by atoms with Crippen LogP contribution in [0.25, 0.3) is 0 Å². The Balaban J connectivity index is 0.000000384. The van der Waals surface area contributed by atoms with E-state index in [-0.39, 0.29) is 5.87 Å². The van der Waals surface area contributed by atoms with Crippen molar-refractivity contribution in [2.45, 2.75) is 27.4 Å². The molecule has 1 aromatic rings. The standard InChI is InChI=1S/C8H9BO2.C6H15O3P/c9-8(10)11-6-7-4-2-1-3-5-7;1-4-7-10(8-5-2)9-6-3/h1-5H,6,9H2;4-6H2,1-3H3. The Bertz CT molecular complexity index is 349. The first-order valence-corrected chi connectivity index (χ1v) is 8.09. The van der Waals surface area contributed by atoms with Crippen LogP contribution in [-0.4, -0.2) is 33.5 Å². The van der Waals surface area contributed by atoms with Gasteiger partial charge in [0.05, 0.1) is 19.8 Å². The molecule has 1 rings (SSSR count). The highest BCUT2D eigenvalue weighted by Crippen LogP contribution is 2.38. The maximum absolute atomic E-state index is 10.4. The molecule has 0 fully saturated rings. The normalized spacial score (nSPS) is 9.90. The quantitative estimate of drug-likeness (QED) is 0.544. The van der Waals surface area contributed by atoms with Crippen LogP contribution in [0.3, 0.4) is 0 Å². The summed E-state index contributed by atoms with van der Waals surface area (Å²) in [4.78, 5) is 10.4. The van der Waals surface area contributed by atoms with Crippen LogP contribution in [0.15, 0.2) is 30.3 Å². The maximum Gasteiger partial charge on any atom is 0.332 e. The van der Waals surface area contributed by atoms with Gasteiger partial charge in [-0.05, 0) is 26.3 Å². The van der Waals surface area contributed by atoms with Crippen LogP contribution < -0.4 is 0 Å². The van der Waals surface area contributed by atoms with Crippen molar-refractivity contribution < 1.29 is 23.1 Å². The van der Waals surface area contributed by atoms with Gasteiger partial charge in [-0.2, -0.15) is 0 Å². The number of ether oxygens (including phenoxy) is 1. The summed E-state index contributed by atoms with van der Waals surface area (Å²) in [6.45, 7) is 8.08. The lowest BCUT2D eigenvalue weighted by molar-refractivity contribution is 0.167. The highest BCUT2D eigenvalue weighted by molar-refractivity contribution is 7.41. The Morgan fingerprint density at radius 3 is 1.86 bits per heavy atom. The van der Waals surface area contributed by atoms with Crippen molar-refractivity contribution in [1.29, 1.82) is 0 Å². The van der Waals surface area contributed by atoms with E-state index < -0.39 is 8.60 Å². The first-order chi connectivity index (χ1) is 10.1. The van der Waals surface area contributed by atoms with Crippen LogP contribution in [-0.2, 0) is 24.9 Å². The molecule has 0 radical (unpaired) electrons. The minimum atomic E-state index is -1.06. The molecule has 0 aliphatic rings. The molecule has 0 saturated heterocycles. The van der Waals surface area contributed by atoms with E-state index in [0.717, 1.165) is 5.56 Å². The van der Waals surface area contributed by atoms with Crippen LogP contribution in [0.2, 0.25) is 0 Å². The largest absolute Gasteiger partial charge is 0.469 e. The number of rotatable bonds is 8. The summed E-state index contributed by atoms with van der Waals surface area (Å²) in [6.07, 6.45) is 0. The zero-order valence-corrected chi connectivity index (χ0v) is 14.1. The van der Waals surface area contributed by atoms with E-state index in [9.17, 15) is 4.79 Å². The van der Waals surface area contributed by atoms with Gasteiger partial charge in [0, 0.05) is 0 Å². The van der Waals surface area contributed by atoms with E-state index in [1.807, 2.05) is 51.1 Å². The van der Waals surface area contributed by atoms with Gasteiger partial charge >= 0.3 is 8.60 Å². The molecule has 0 spiro atoms. The number of hydrogen-bond acceptors (Lipinski definition) is 5. The Morgan fingerprint density at radius 2 is 1.48 bits per heavy atom. The van der Waals surface area contributed by atoms with Crippen LogP contribution in [0.1, 0.15) is 26.3 Å². The third-order valence-electron chi connectivity index (χ3n) is 1.99. The summed E-state index contributed by atoms with van der Waals surface area (Å²) >= 11 is 0. The zero-order valence-electron chi connectivity index (χ0n) is 13.2. The fraction of sp³-hybridized carbons (Fsp3) is 0.500. The highest BCUT2D eigenvalue weighted by atomic mass is 31.2. The van der Waals surface area contributed by atoms with Gasteiger partial charge in [-0.3, -0.25) is 4.79 Å². The molecule has 5 nitrogen and oxygen atoms in total. The molecule has 21 heavy (non-hydrogen) atoms. The van der Waals surface area contributed by atoms with Gasteiger partial charge in [0.25, 0.3) is 0 Å². The first kappa shape index (κ1) is 20.1. The van der Waals surface area contributed by atoms with Gasteiger partial charge in [0.1, 0.15) is 6.61 Å². The van der Waals surface area contributed by atoms with Crippen LogP contribution in [0.4, 0.5) is 4.79 Å². The molecule has 0 saturated carbocycles. The molecule has 1 aromatic carbocycles. The molecule has 0 aliphatic carbocycles. The van der Waals surface area contributed by atoms with Crippen molar-refractivity contribution >= 4 is 22.3 Å². The zero-order chi connectivity index (χ0) is 15.9. The third kappa shape index (κ3) is 12.5. The van der Waals surface area contributed by atoms with E-state index in [4.69, 9.17) is 18.3 Å². The molecule has 0 aliphatic heterocycles. The molecule has 0 atom stereocenters. The molecule has 0 aromatic heterocycles. The number of benzene rings is 1. The monoisotopic (exact) mass is 314 g/mol. The molecule has 0 amide bonds. The summed E-state index contributed by atoms with van der Waals surface area (Å²) in [5, 5.41) is 0. The summed E-state index contributed by atoms with van der Waals surface area (Å²) in [5.74, 6) is -0.242. The van der Waals surface area contributed by atoms with Crippen molar-refractivity contribution in [3.05, 3.63) is 35.9 Å². The number of carbonyl (C=O) groups excluding carboxylic acids is 1. The van der Waals surface area contributed by atoms with Crippen LogP contribution >= 0.6 is 8.60 Å². The molecule has 118 valence electrons. The lowest BCUT2D eigenvalue weighted by Crippen LogP contribution is -2.00. The smallest absolute Gasteiger partial charge is 0.332 e. The van der Waals surface area contributed by atoms with Gasteiger partial charge in [-0.15, -0.1) is 0 Å². The Morgan fingerprint density at radius 1 is 1.00 bits per heavy atom. The predicted octanol–water partition coefficient (Wildman–Crippen LogP) is 3.28. The van der Waals surface area contributed by atoms with Gasteiger partial charge in [0.2, 0.25) is 13.7 Å². The lowest BCUT2D eigenvalue weighted by Gasteiger charge is -2.12. The second-order valence-corrected chi connectivity index (χ2v) is 4.96. The molecular weight excluding hydrogens is 290 g/mol. The van der Waals surface area contributed by atoms with Crippen molar-refractivity contribution in [1.82, 2.24) is 0 Å². The molecule has 0 unspecified atom stereocenters. The van der Waals surface area contributed by atoms with Crippen LogP contribution in [0, 0.1) is 0 Å². The molecule has 0 bridgehead atoms. The molecule has 0 heterocycles. The second-order valence-electron chi connectivity index (χ2n) is 3.74. The molecule has 7 heteroatoms. The van der Waals surface area contributed by atoms with Gasteiger partial charge in [-0.1, -0.05) is 30.3 Å². The third-order valence-corrected chi connectivity index (χ3v) is 3.40. The van der Waals surface area contributed by atoms with Crippen molar-refractivity contribution in [3.63, 3.8) is 0 Å². The molecular formula is C14H24BO5P. The average Bonchev–Trinajstić information content (AvgIpc) is 2.48. The predicted molar refractivity (Wildman–Crippen MR) is 87.0 cm³/mol. The van der Waals surface area contributed by atoms with E-state index in [1.54, 1.807) is 0 Å². The van der Waals surface area contributed by atoms with Crippen molar-refractivity contribution in [2.24, 2.45) is 0 Å². The van der Waals surface area contributed by atoms with E-state index in [1.165, 1.54) is 7.85 Å². The Labute approximate surface area is 129 Å². The van der Waals surface area contributed by atoms with E-state index in [2.05, 4.69) is 0 Å². The van der Waals surface area contributed by atoms with Crippen molar-refractivity contribution in [2.75, 3.05) is 19.8 Å². The topological polar surface area (TPSA) is 54.0 Å². The summed E-state index contributed by atoms with van der Waals surface area (Å²) in [6, 6.07) is 9.60. The van der Waals surface area contributed by atoms with Crippen LogP contribution in [0.5, 0.6) is 0 Å². The SMILES string of the molecule is BC(=O)OCc1ccccc1.CCOP(OCC)OCC. The van der Waals surface area contributed by atoms with E-state index in [0.29, 0.717) is 26.4 Å². The summed E-state index contributed by atoms with van der Waals surface area (Å²) < 4.78 is 20.2. The Kier molecular flexibility index (Phi) is 13.4. The number of hydrogen-bond donors (Lipinski definition) is 0. The minimum Gasteiger partial charge on any atom is -0.469 e. The summed E-state index contributed by atoms with van der Waals surface area (Å²) in [7, 11) is 0.345. The molecule has 0 N–H and O–H groups in total. The minimum absolute atomic E-state index is 0.242. The highest BCUT2D eigenvalue weighted by Gasteiger charge is 2.07. The van der Waals surface area contributed by atoms with Gasteiger partial charge in [-0.25, -0.2) is 0 Å². The average molecular weight is 314 g/mol.